The number of nitrogens with zero attached hydrogens (tertiary/aromatic N) is 6. The van der Waals surface area contributed by atoms with Gasteiger partial charge in [0, 0.05) is 20.7 Å². The van der Waals surface area contributed by atoms with Crippen molar-refractivity contribution < 1.29 is 4.74 Å². The summed E-state index contributed by atoms with van der Waals surface area (Å²) in [6.07, 6.45) is 0.766. The van der Waals surface area contributed by atoms with Crippen LogP contribution in [-0.4, -0.2) is 44.7 Å². The second kappa shape index (κ2) is 7.06. The summed E-state index contributed by atoms with van der Waals surface area (Å²) < 4.78 is 9.76. The molecule has 2 aromatic heterocycles. The summed E-state index contributed by atoms with van der Waals surface area (Å²) in [6, 6.07) is 0. The summed E-state index contributed by atoms with van der Waals surface area (Å²) >= 11 is 0. The van der Waals surface area contributed by atoms with Crippen LogP contribution in [0.4, 0.5) is 5.95 Å². The summed E-state index contributed by atoms with van der Waals surface area (Å²) in [6.45, 7) is 7.94. The highest BCUT2D eigenvalue weighted by atomic mass is 16.5. The van der Waals surface area contributed by atoms with Crippen LogP contribution < -0.4 is 16.3 Å². The minimum Gasteiger partial charge on any atom is -0.383 e. The van der Waals surface area contributed by atoms with Gasteiger partial charge in [-0.15, -0.1) is 0 Å². The van der Waals surface area contributed by atoms with E-state index < -0.39 is 0 Å². The van der Waals surface area contributed by atoms with Crippen LogP contribution in [0.1, 0.15) is 27.2 Å². The average Bonchev–Trinajstić information content (AvgIpc) is 2.97. The molecule has 0 saturated carbocycles. The number of methoxy groups -OCH3 is 1. The molecule has 0 atom stereocenters. The maximum absolute atomic E-state index is 13.1. The van der Waals surface area contributed by atoms with Crippen molar-refractivity contribution in [3.63, 3.8) is 0 Å². The molecule has 0 radical (unpaired) electrons. The fourth-order valence-electron chi connectivity index (χ4n) is 3.13. The van der Waals surface area contributed by atoms with Gasteiger partial charge in [0.25, 0.3) is 5.56 Å². The highest BCUT2D eigenvalue weighted by Crippen LogP contribution is 2.23. The van der Waals surface area contributed by atoms with Crippen LogP contribution in [0, 0.1) is 5.92 Å². The van der Waals surface area contributed by atoms with Crippen molar-refractivity contribution in [2.75, 3.05) is 25.3 Å². The zero-order valence-electron chi connectivity index (χ0n) is 16.0. The van der Waals surface area contributed by atoms with Gasteiger partial charge in [-0.3, -0.25) is 18.5 Å². The van der Waals surface area contributed by atoms with E-state index in [1.54, 1.807) is 19.2 Å². The van der Waals surface area contributed by atoms with Crippen LogP contribution in [0.3, 0.4) is 0 Å². The van der Waals surface area contributed by atoms with Crippen LogP contribution in [0.2, 0.25) is 0 Å². The van der Waals surface area contributed by atoms with Gasteiger partial charge in [0.2, 0.25) is 5.95 Å². The SMILES string of the molecule is COCCN1N=C(C)Cn2c1nc1c2c(=O)n(CCC(C)C)c(=O)n1C. The molecule has 3 rings (SSSR count). The molecule has 9 nitrogen and oxygen atoms in total. The van der Waals surface area contributed by atoms with Crippen LogP contribution in [-0.2, 0) is 24.9 Å². The molecule has 0 spiro atoms. The van der Waals surface area contributed by atoms with E-state index in [1.807, 2.05) is 11.5 Å². The van der Waals surface area contributed by atoms with E-state index in [4.69, 9.17) is 4.74 Å². The number of anilines is 1. The summed E-state index contributed by atoms with van der Waals surface area (Å²) in [4.78, 5) is 30.3. The van der Waals surface area contributed by atoms with Crippen molar-refractivity contribution in [1.29, 1.82) is 0 Å². The third-order valence-electron chi connectivity index (χ3n) is 4.56. The Morgan fingerprint density at radius 2 is 1.96 bits per heavy atom. The third-order valence-corrected chi connectivity index (χ3v) is 4.56. The van der Waals surface area contributed by atoms with E-state index in [-0.39, 0.29) is 11.2 Å². The minimum absolute atomic E-state index is 0.288. The number of fused-ring (bicyclic) bond motifs is 3. The number of hydrazone groups is 1. The van der Waals surface area contributed by atoms with E-state index in [2.05, 4.69) is 23.9 Å². The predicted octanol–water partition coefficient (Wildman–Crippen LogP) is 0.785. The first-order chi connectivity index (χ1) is 12.3. The van der Waals surface area contributed by atoms with Gasteiger partial charge in [0.05, 0.1) is 25.4 Å². The van der Waals surface area contributed by atoms with E-state index in [0.29, 0.717) is 49.3 Å². The van der Waals surface area contributed by atoms with Crippen molar-refractivity contribution in [3.05, 3.63) is 20.8 Å². The highest BCUT2D eigenvalue weighted by Gasteiger charge is 2.26. The second-order valence-electron chi connectivity index (χ2n) is 7.10. The zero-order chi connectivity index (χ0) is 19.0. The monoisotopic (exact) mass is 362 g/mol. The smallest absolute Gasteiger partial charge is 0.332 e. The molecular weight excluding hydrogens is 336 g/mol. The molecule has 0 N–H and O–H groups in total. The lowest BCUT2D eigenvalue weighted by Gasteiger charge is -2.24. The molecule has 0 bridgehead atoms. The van der Waals surface area contributed by atoms with Gasteiger partial charge in [0.1, 0.15) is 0 Å². The number of hydrogen-bond acceptors (Lipinski definition) is 6. The molecule has 1 aliphatic heterocycles. The van der Waals surface area contributed by atoms with Crippen molar-refractivity contribution in [3.8, 4) is 0 Å². The van der Waals surface area contributed by atoms with Crippen LogP contribution in [0.25, 0.3) is 11.2 Å². The summed E-state index contributed by atoms with van der Waals surface area (Å²) in [5.74, 6) is 0.969. The van der Waals surface area contributed by atoms with Crippen LogP contribution >= 0.6 is 0 Å². The molecule has 0 saturated heterocycles. The highest BCUT2D eigenvalue weighted by molar-refractivity contribution is 5.87. The molecule has 26 heavy (non-hydrogen) atoms. The molecule has 2 aromatic rings. The standard InChI is InChI=1S/C17H26N6O3/c1-11(2)6-7-21-15(24)13-14(20(4)17(21)25)18-16-22(13)10-12(3)19-23(16)8-9-26-5/h11H,6-10H2,1-5H3. The molecule has 9 heteroatoms. The molecule has 0 fully saturated rings. The second-order valence-corrected chi connectivity index (χ2v) is 7.10. The van der Waals surface area contributed by atoms with E-state index in [1.165, 1.54) is 9.13 Å². The van der Waals surface area contributed by atoms with Gasteiger partial charge in [-0.05, 0) is 19.3 Å². The van der Waals surface area contributed by atoms with E-state index >= 15 is 0 Å². The Hall–Kier alpha value is -2.42. The van der Waals surface area contributed by atoms with Gasteiger partial charge in [0.15, 0.2) is 11.2 Å². The lowest BCUT2D eigenvalue weighted by molar-refractivity contribution is 0.205. The zero-order valence-corrected chi connectivity index (χ0v) is 16.0. The maximum atomic E-state index is 13.1. The molecule has 0 aliphatic carbocycles. The molecule has 3 heterocycles. The third kappa shape index (κ3) is 3.07. The number of rotatable bonds is 6. The van der Waals surface area contributed by atoms with Crippen molar-refractivity contribution in [2.24, 2.45) is 18.1 Å². The maximum Gasteiger partial charge on any atom is 0.332 e. The fraction of sp³-hybridized carbons (Fsp3) is 0.647. The van der Waals surface area contributed by atoms with Gasteiger partial charge >= 0.3 is 5.69 Å². The number of ether oxygens (including phenoxy) is 1. The fourth-order valence-corrected chi connectivity index (χ4v) is 3.13. The predicted molar refractivity (Wildman–Crippen MR) is 101 cm³/mol. The lowest BCUT2D eigenvalue weighted by Crippen LogP contribution is -2.40. The summed E-state index contributed by atoms with van der Waals surface area (Å²) in [5, 5.41) is 6.24. The largest absolute Gasteiger partial charge is 0.383 e. The first-order valence-electron chi connectivity index (χ1n) is 8.85. The Bertz CT molecular complexity index is 966. The van der Waals surface area contributed by atoms with Crippen molar-refractivity contribution in [2.45, 2.75) is 40.3 Å². The summed E-state index contributed by atoms with van der Waals surface area (Å²) in [5.41, 5.74) is 1.09. The molecule has 0 amide bonds. The normalized spacial score (nSPS) is 14.2. The first kappa shape index (κ1) is 18.4. The number of aryl methyl sites for hydroxylation is 1. The molecule has 1 aliphatic rings. The Morgan fingerprint density at radius 3 is 2.62 bits per heavy atom. The van der Waals surface area contributed by atoms with Crippen molar-refractivity contribution in [1.82, 2.24) is 18.7 Å². The minimum atomic E-state index is -0.334. The quantitative estimate of drug-likeness (QED) is 0.758. The van der Waals surface area contributed by atoms with E-state index in [0.717, 1.165) is 12.1 Å². The van der Waals surface area contributed by atoms with Crippen LogP contribution in [0.5, 0.6) is 0 Å². The Morgan fingerprint density at radius 1 is 1.23 bits per heavy atom. The number of imidazole rings is 1. The Kier molecular flexibility index (Phi) is 4.99. The average molecular weight is 362 g/mol. The molecule has 142 valence electrons. The van der Waals surface area contributed by atoms with Crippen molar-refractivity contribution >= 4 is 22.8 Å². The van der Waals surface area contributed by atoms with Gasteiger partial charge in [-0.1, -0.05) is 13.8 Å². The number of hydrogen-bond donors (Lipinski definition) is 0. The number of aromatic nitrogens is 4. The van der Waals surface area contributed by atoms with E-state index in [9.17, 15) is 9.59 Å². The molecule has 0 unspecified atom stereocenters. The van der Waals surface area contributed by atoms with Gasteiger partial charge in [-0.25, -0.2) is 9.80 Å². The molecule has 0 aromatic carbocycles. The van der Waals surface area contributed by atoms with Gasteiger partial charge < -0.3 is 4.74 Å². The first-order valence-corrected chi connectivity index (χ1v) is 8.85. The lowest BCUT2D eigenvalue weighted by atomic mass is 10.1. The Labute approximate surface area is 151 Å². The Balaban J connectivity index is 2.20. The van der Waals surface area contributed by atoms with Gasteiger partial charge in [-0.2, -0.15) is 10.1 Å². The topological polar surface area (TPSA) is 86.7 Å². The summed E-state index contributed by atoms with van der Waals surface area (Å²) in [7, 11) is 3.28. The molecular formula is C17H26N6O3. The van der Waals surface area contributed by atoms with Crippen LogP contribution in [0.15, 0.2) is 14.7 Å².